The SMILES string of the molecule is CSC(C)CNC1CC(c2cccc(C)c2)C1. The van der Waals surface area contributed by atoms with E-state index >= 15 is 0 Å². The summed E-state index contributed by atoms with van der Waals surface area (Å²) in [5.74, 6) is 0.789. The molecule has 1 aromatic rings. The van der Waals surface area contributed by atoms with Gasteiger partial charge in [-0.1, -0.05) is 36.8 Å². The Labute approximate surface area is 109 Å². The summed E-state index contributed by atoms with van der Waals surface area (Å²) in [5, 5.41) is 4.39. The Morgan fingerprint density at radius 1 is 1.41 bits per heavy atom. The lowest BCUT2D eigenvalue weighted by Gasteiger charge is -2.37. The molecule has 0 bridgehead atoms. The zero-order chi connectivity index (χ0) is 12.3. The first kappa shape index (κ1) is 13.0. The van der Waals surface area contributed by atoms with Crippen LogP contribution in [0.25, 0.3) is 0 Å². The Balaban J connectivity index is 1.75. The molecule has 0 heterocycles. The summed E-state index contributed by atoms with van der Waals surface area (Å²) in [7, 11) is 0. The summed E-state index contributed by atoms with van der Waals surface area (Å²) in [6.45, 7) is 5.61. The average Bonchev–Trinajstić information content (AvgIpc) is 2.26. The normalized spacial score (nSPS) is 25.4. The molecular formula is C15H23NS. The maximum Gasteiger partial charge on any atom is 0.0141 e. The summed E-state index contributed by atoms with van der Waals surface area (Å²) >= 11 is 1.94. The molecule has 1 unspecified atom stereocenters. The summed E-state index contributed by atoms with van der Waals surface area (Å²) in [4.78, 5) is 0. The molecule has 1 aliphatic rings. The number of thioether (sulfide) groups is 1. The van der Waals surface area contributed by atoms with Crippen molar-refractivity contribution in [3.63, 3.8) is 0 Å². The highest BCUT2D eigenvalue weighted by molar-refractivity contribution is 7.99. The Morgan fingerprint density at radius 3 is 2.82 bits per heavy atom. The van der Waals surface area contributed by atoms with Crippen LogP contribution in [-0.4, -0.2) is 24.1 Å². The average molecular weight is 249 g/mol. The molecule has 0 aromatic heterocycles. The Kier molecular flexibility index (Phi) is 4.52. The lowest BCUT2D eigenvalue weighted by atomic mass is 9.75. The van der Waals surface area contributed by atoms with Crippen molar-refractivity contribution in [2.24, 2.45) is 0 Å². The van der Waals surface area contributed by atoms with Gasteiger partial charge in [0.05, 0.1) is 0 Å². The third-order valence-electron chi connectivity index (χ3n) is 3.75. The molecule has 0 spiro atoms. The molecule has 1 nitrogen and oxygen atoms in total. The summed E-state index contributed by atoms with van der Waals surface area (Å²) < 4.78 is 0. The van der Waals surface area contributed by atoms with E-state index in [1.807, 2.05) is 11.8 Å². The molecule has 2 heteroatoms. The van der Waals surface area contributed by atoms with Gasteiger partial charge in [-0.05, 0) is 37.5 Å². The van der Waals surface area contributed by atoms with Crippen LogP contribution >= 0.6 is 11.8 Å². The maximum atomic E-state index is 3.66. The molecule has 94 valence electrons. The van der Waals surface area contributed by atoms with Gasteiger partial charge in [-0.3, -0.25) is 0 Å². The molecule has 1 atom stereocenters. The number of aryl methyl sites for hydroxylation is 1. The first-order valence-electron chi connectivity index (χ1n) is 6.51. The van der Waals surface area contributed by atoms with Crippen LogP contribution in [0.4, 0.5) is 0 Å². The minimum Gasteiger partial charge on any atom is -0.313 e. The van der Waals surface area contributed by atoms with Crippen LogP contribution in [-0.2, 0) is 0 Å². The van der Waals surface area contributed by atoms with E-state index in [1.54, 1.807) is 0 Å². The first-order chi connectivity index (χ1) is 8.19. The van der Waals surface area contributed by atoms with Crippen molar-refractivity contribution < 1.29 is 0 Å². The number of benzene rings is 1. The van der Waals surface area contributed by atoms with Crippen molar-refractivity contribution in [3.05, 3.63) is 35.4 Å². The van der Waals surface area contributed by atoms with Gasteiger partial charge in [0.2, 0.25) is 0 Å². The summed E-state index contributed by atoms with van der Waals surface area (Å²) in [5.41, 5.74) is 2.91. The van der Waals surface area contributed by atoms with Crippen LogP contribution in [0.2, 0.25) is 0 Å². The molecular weight excluding hydrogens is 226 g/mol. The van der Waals surface area contributed by atoms with Crippen molar-refractivity contribution in [2.75, 3.05) is 12.8 Å². The zero-order valence-electron chi connectivity index (χ0n) is 11.1. The van der Waals surface area contributed by atoms with Gasteiger partial charge in [-0.2, -0.15) is 11.8 Å². The molecule has 0 amide bonds. The van der Waals surface area contributed by atoms with E-state index in [0.29, 0.717) is 0 Å². The first-order valence-corrected chi connectivity index (χ1v) is 7.80. The minimum atomic E-state index is 0.730. The summed E-state index contributed by atoms with van der Waals surface area (Å²) in [6.07, 6.45) is 4.80. The Bertz CT molecular complexity index is 358. The highest BCUT2D eigenvalue weighted by atomic mass is 32.2. The highest BCUT2D eigenvalue weighted by Crippen LogP contribution is 2.37. The topological polar surface area (TPSA) is 12.0 Å². The van der Waals surface area contributed by atoms with E-state index in [9.17, 15) is 0 Å². The lowest BCUT2D eigenvalue weighted by Crippen LogP contribution is -2.42. The van der Waals surface area contributed by atoms with Gasteiger partial charge in [0.1, 0.15) is 0 Å². The van der Waals surface area contributed by atoms with Crippen molar-refractivity contribution in [2.45, 2.75) is 43.9 Å². The molecule has 0 aliphatic heterocycles. The fraction of sp³-hybridized carbons (Fsp3) is 0.600. The molecule has 1 N–H and O–H groups in total. The molecule has 1 aliphatic carbocycles. The predicted octanol–water partition coefficient (Wildman–Crippen LogP) is 3.58. The maximum absolute atomic E-state index is 3.66. The number of rotatable bonds is 5. The second-order valence-electron chi connectivity index (χ2n) is 5.23. The van der Waals surface area contributed by atoms with Crippen molar-refractivity contribution >= 4 is 11.8 Å². The molecule has 0 saturated heterocycles. The molecule has 1 fully saturated rings. The van der Waals surface area contributed by atoms with Crippen LogP contribution < -0.4 is 5.32 Å². The van der Waals surface area contributed by atoms with Gasteiger partial charge in [0.25, 0.3) is 0 Å². The van der Waals surface area contributed by atoms with Crippen LogP contribution in [0, 0.1) is 6.92 Å². The van der Waals surface area contributed by atoms with Gasteiger partial charge in [0, 0.05) is 17.8 Å². The number of hydrogen-bond acceptors (Lipinski definition) is 2. The van der Waals surface area contributed by atoms with Crippen LogP contribution in [0.1, 0.15) is 36.8 Å². The van der Waals surface area contributed by atoms with Gasteiger partial charge in [-0.15, -0.1) is 0 Å². The van der Waals surface area contributed by atoms with Crippen molar-refractivity contribution in [1.29, 1.82) is 0 Å². The van der Waals surface area contributed by atoms with Crippen molar-refractivity contribution in [3.8, 4) is 0 Å². The van der Waals surface area contributed by atoms with Gasteiger partial charge in [-0.25, -0.2) is 0 Å². The summed E-state index contributed by atoms with van der Waals surface area (Å²) in [6, 6.07) is 9.72. The largest absolute Gasteiger partial charge is 0.313 e. The van der Waals surface area contributed by atoms with Crippen LogP contribution in [0.5, 0.6) is 0 Å². The highest BCUT2D eigenvalue weighted by Gasteiger charge is 2.29. The smallest absolute Gasteiger partial charge is 0.0141 e. The molecule has 17 heavy (non-hydrogen) atoms. The standard InChI is InChI=1S/C15H23NS/c1-11-5-4-6-13(7-11)14-8-15(9-14)16-10-12(2)17-3/h4-7,12,14-16H,8-10H2,1-3H3. The lowest BCUT2D eigenvalue weighted by molar-refractivity contribution is 0.293. The quantitative estimate of drug-likeness (QED) is 0.856. The Morgan fingerprint density at radius 2 is 2.18 bits per heavy atom. The van der Waals surface area contributed by atoms with Gasteiger partial charge >= 0.3 is 0 Å². The van der Waals surface area contributed by atoms with E-state index in [4.69, 9.17) is 0 Å². The van der Waals surface area contributed by atoms with Crippen LogP contribution in [0.15, 0.2) is 24.3 Å². The third-order valence-corrected chi connectivity index (χ3v) is 4.72. The van der Waals surface area contributed by atoms with E-state index in [1.165, 1.54) is 24.0 Å². The van der Waals surface area contributed by atoms with E-state index in [0.717, 1.165) is 23.8 Å². The third kappa shape index (κ3) is 3.49. The second kappa shape index (κ2) is 5.92. The minimum absolute atomic E-state index is 0.730. The molecule has 2 rings (SSSR count). The molecule has 1 saturated carbocycles. The fourth-order valence-corrected chi connectivity index (χ4v) is 2.66. The molecule has 1 aromatic carbocycles. The van der Waals surface area contributed by atoms with E-state index in [-0.39, 0.29) is 0 Å². The monoisotopic (exact) mass is 249 g/mol. The van der Waals surface area contributed by atoms with Crippen molar-refractivity contribution in [1.82, 2.24) is 5.32 Å². The Hall–Kier alpha value is -0.470. The van der Waals surface area contributed by atoms with Gasteiger partial charge in [0.15, 0.2) is 0 Å². The van der Waals surface area contributed by atoms with E-state index in [2.05, 4.69) is 49.7 Å². The van der Waals surface area contributed by atoms with E-state index < -0.39 is 0 Å². The fourth-order valence-electron chi connectivity index (χ4n) is 2.40. The second-order valence-corrected chi connectivity index (χ2v) is 6.51. The predicted molar refractivity (Wildman–Crippen MR) is 77.9 cm³/mol. The van der Waals surface area contributed by atoms with Crippen LogP contribution in [0.3, 0.4) is 0 Å². The zero-order valence-corrected chi connectivity index (χ0v) is 11.9. The number of nitrogens with one attached hydrogen (secondary N) is 1. The molecule has 0 radical (unpaired) electrons. The number of hydrogen-bond donors (Lipinski definition) is 1. The van der Waals surface area contributed by atoms with Gasteiger partial charge < -0.3 is 5.32 Å².